The quantitative estimate of drug-likeness (QED) is 0.397. The topological polar surface area (TPSA) is 88.2 Å². The first-order chi connectivity index (χ1) is 7.67. The number of hydrogen-bond donors (Lipinski definition) is 3. The summed E-state index contributed by atoms with van der Waals surface area (Å²) >= 11 is 2.97. The first kappa shape index (κ1) is 13.4. The van der Waals surface area contributed by atoms with Crippen molar-refractivity contribution in [1.82, 2.24) is 10.4 Å². The second kappa shape index (κ2) is 6.85. The molecule has 0 bridgehead atoms. The van der Waals surface area contributed by atoms with E-state index in [4.69, 9.17) is 10.9 Å². The molecule has 1 aromatic heterocycles. The Balaban J connectivity index is 2.38. The summed E-state index contributed by atoms with van der Waals surface area (Å²) in [5.74, 6) is 6.57. The summed E-state index contributed by atoms with van der Waals surface area (Å²) in [6.07, 6.45) is 0. The number of rotatable bonds is 6. The van der Waals surface area contributed by atoms with Crippen LogP contribution in [0, 0.1) is 5.92 Å². The monoisotopic (exact) mass is 261 g/mol. The van der Waals surface area contributed by atoms with Gasteiger partial charge in [-0.3, -0.25) is 10.2 Å². The molecule has 1 heterocycles. The van der Waals surface area contributed by atoms with E-state index in [1.165, 1.54) is 11.3 Å². The molecule has 4 N–H and O–H groups in total. The molecule has 7 heteroatoms. The number of thioether (sulfide) groups is 1. The van der Waals surface area contributed by atoms with Crippen LogP contribution in [0.3, 0.4) is 0 Å². The smallest absolute Gasteiger partial charge is 0.294 e. The summed E-state index contributed by atoms with van der Waals surface area (Å²) in [6, 6.07) is 0. The Labute approximate surface area is 102 Å². The van der Waals surface area contributed by atoms with Crippen LogP contribution >= 0.6 is 23.1 Å². The van der Waals surface area contributed by atoms with Crippen molar-refractivity contribution in [2.75, 3.05) is 12.4 Å². The Morgan fingerprint density at radius 1 is 1.81 bits per heavy atom. The summed E-state index contributed by atoms with van der Waals surface area (Å²) < 4.78 is 0. The fourth-order valence-corrected chi connectivity index (χ4v) is 2.76. The lowest BCUT2D eigenvalue weighted by molar-refractivity contribution is 0.0953. The molecule has 16 heavy (non-hydrogen) atoms. The van der Waals surface area contributed by atoms with Gasteiger partial charge in [0, 0.05) is 17.7 Å². The van der Waals surface area contributed by atoms with Crippen LogP contribution in [0.2, 0.25) is 0 Å². The predicted octanol–water partition coefficient (Wildman–Crippen LogP) is 0.608. The van der Waals surface area contributed by atoms with E-state index in [2.05, 4.69) is 4.98 Å². The molecule has 0 radical (unpaired) electrons. The van der Waals surface area contributed by atoms with Crippen molar-refractivity contribution >= 4 is 29.0 Å². The fraction of sp³-hybridized carbons (Fsp3) is 0.556. The van der Waals surface area contributed by atoms with Crippen LogP contribution in [-0.4, -0.2) is 28.4 Å². The van der Waals surface area contributed by atoms with Gasteiger partial charge in [0.05, 0.1) is 5.69 Å². The van der Waals surface area contributed by atoms with Crippen molar-refractivity contribution in [2.24, 2.45) is 11.8 Å². The molecule has 0 aliphatic heterocycles. The first-order valence-electron chi connectivity index (χ1n) is 4.81. The first-order valence-corrected chi connectivity index (χ1v) is 6.84. The summed E-state index contributed by atoms with van der Waals surface area (Å²) in [4.78, 5) is 15.3. The number of hydrogen-bond acceptors (Lipinski definition) is 6. The second-order valence-corrected chi connectivity index (χ2v) is 5.31. The van der Waals surface area contributed by atoms with Gasteiger partial charge in [-0.1, -0.05) is 6.92 Å². The third-order valence-corrected chi connectivity index (χ3v) is 4.04. The Kier molecular flexibility index (Phi) is 5.75. The van der Waals surface area contributed by atoms with Gasteiger partial charge in [-0.25, -0.2) is 10.8 Å². The number of carbonyl (C=O) groups excluding carboxylic acids is 1. The number of thiazole rings is 1. The largest absolute Gasteiger partial charge is 0.396 e. The highest BCUT2D eigenvalue weighted by Crippen LogP contribution is 2.17. The van der Waals surface area contributed by atoms with Crippen LogP contribution < -0.4 is 11.3 Å². The van der Waals surface area contributed by atoms with E-state index in [-0.39, 0.29) is 18.4 Å². The minimum absolute atomic E-state index is 0.199. The minimum atomic E-state index is -0.357. The molecule has 5 nitrogen and oxygen atoms in total. The highest BCUT2D eigenvalue weighted by atomic mass is 32.2. The van der Waals surface area contributed by atoms with Crippen molar-refractivity contribution in [3.63, 3.8) is 0 Å². The van der Waals surface area contributed by atoms with Crippen LogP contribution in [0.4, 0.5) is 0 Å². The summed E-state index contributed by atoms with van der Waals surface area (Å²) in [5.41, 5.74) is 2.92. The van der Waals surface area contributed by atoms with Crippen molar-refractivity contribution in [2.45, 2.75) is 12.7 Å². The van der Waals surface area contributed by atoms with Crippen LogP contribution in [0.25, 0.3) is 0 Å². The van der Waals surface area contributed by atoms with Gasteiger partial charge in [0.25, 0.3) is 5.91 Å². The van der Waals surface area contributed by atoms with Crippen molar-refractivity contribution in [1.29, 1.82) is 0 Å². The summed E-state index contributed by atoms with van der Waals surface area (Å²) in [5, 5.41) is 11.1. The standard InChI is InChI=1S/C9H15N3O2S2/c1-6(2-13)3-15-4-7-5-16-9(11-7)8(14)12-10/h5-6,13H,2-4,10H2,1H3,(H,12,14). The number of nitrogens with zero attached hydrogens (tertiary/aromatic N) is 1. The number of nitrogens with one attached hydrogen (secondary N) is 1. The SMILES string of the molecule is CC(CO)CSCc1csc(C(=O)NN)n1. The molecule has 1 unspecified atom stereocenters. The lowest BCUT2D eigenvalue weighted by atomic mass is 10.2. The van der Waals surface area contributed by atoms with E-state index in [9.17, 15) is 4.79 Å². The molecule has 0 aromatic carbocycles. The molecular weight excluding hydrogens is 246 g/mol. The van der Waals surface area contributed by atoms with E-state index in [1.807, 2.05) is 17.7 Å². The van der Waals surface area contributed by atoms with Crippen molar-refractivity contribution < 1.29 is 9.90 Å². The number of amides is 1. The molecule has 0 fully saturated rings. The van der Waals surface area contributed by atoms with Gasteiger partial charge in [-0.05, 0) is 11.7 Å². The number of aliphatic hydroxyl groups is 1. The van der Waals surface area contributed by atoms with Gasteiger partial charge in [0.1, 0.15) is 0 Å². The Hall–Kier alpha value is -0.630. The van der Waals surface area contributed by atoms with Gasteiger partial charge in [0.15, 0.2) is 5.01 Å². The molecule has 0 saturated carbocycles. The number of nitrogens with two attached hydrogens (primary N) is 1. The maximum absolute atomic E-state index is 11.1. The number of aromatic nitrogens is 1. The zero-order valence-electron chi connectivity index (χ0n) is 8.97. The van der Waals surface area contributed by atoms with Crippen LogP contribution in [0.5, 0.6) is 0 Å². The van der Waals surface area contributed by atoms with Crippen LogP contribution in [0.1, 0.15) is 22.4 Å². The fourth-order valence-electron chi connectivity index (χ4n) is 0.957. The van der Waals surface area contributed by atoms with E-state index in [0.29, 0.717) is 5.01 Å². The molecule has 1 atom stereocenters. The molecular formula is C9H15N3O2S2. The molecule has 0 aliphatic rings. The zero-order chi connectivity index (χ0) is 12.0. The lowest BCUT2D eigenvalue weighted by Gasteiger charge is -2.05. The zero-order valence-corrected chi connectivity index (χ0v) is 10.6. The maximum atomic E-state index is 11.1. The number of aliphatic hydroxyl groups excluding tert-OH is 1. The molecule has 0 saturated heterocycles. The van der Waals surface area contributed by atoms with Crippen LogP contribution in [0.15, 0.2) is 5.38 Å². The van der Waals surface area contributed by atoms with Gasteiger partial charge >= 0.3 is 0 Å². The summed E-state index contributed by atoms with van der Waals surface area (Å²) in [6.45, 7) is 2.19. The molecule has 1 rings (SSSR count). The number of carbonyl (C=O) groups is 1. The van der Waals surface area contributed by atoms with Crippen molar-refractivity contribution in [3.8, 4) is 0 Å². The molecule has 0 spiro atoms. The molecule has 90 valence electrons. The predicted molar refractivity (Wildman–Crippen MR) is 66.2 cm³/mol. The van der Waals surface area contributed by atoms with E-state index < -0.39 is 0 Å². The number of hydrazine groups is 1. The van der Waals surface area contributed by atoms with E-state index in [1.54, 1.807) is 11.8 Å². The second-order valence-electron chi connectivity index (χ2n) is 3.42. The van der Waals surface area contributed by atoms with E-state index in [0.717, 1.165) is 17.2 Å². The molecule has 0 aliphatic carbocycles. The third kappa shape index (κ3) is 4.09. The van der Waals surface area contributed by atoms with Crippen molar-refractivity contribution in [3.05, 3.63) is 16.1 Å². The lowest BCUT2D eigenvalue weighted by Crippen LogP contribution is -2.29. The highest BCUT2D eigenvalue weighted by molar-refractivity contribution is 7.98. The van der Waals surface area contributed by atoms with Gasteiger partial charge in [-0.2, -0.15) is 11.8 Å². The highest BCUT2D eigenvalue weighted by Gasteiger charge is 2.09. The van der Waals surface area contributed by atoms with E-state index >= 15 is 0 Å². The van der Waals surface area contributed by atoms with Gasteiger partial charge in [-0.15, -0.1) is 11.3 Å². The Morgan fingerprint density at radius 2 is 2.56 bits per heavy atom. The maximum Gasteiger partial charge on any atom is 0.294 e. The Morgan fingerprint density at radius 3 is 3.19 bits per heavy atom. The number of nitrogen functional groups attached to an aromatic ring is 1. The Bertz CT molecular complexity index is 343. The molecule has 1 aromatic rings. The average Bonchev–Trinajstić information content (AvgIpc) is 2.76. The third-order valence-electron chi connectivity index (χ3n) is 1.84. The summed E-state index contributed by atoms with van der Waals surface area (Å²) in [7, 11) is 0. The molecule has 1 amide bonds. The average molecular weight is 261 g/mol. The minimum Gasteiger partial charge on any atom is -0.396 e. The normalized spacial score (nSPS) is 12.4. The van der Waals surface area contributed by atoms with Crippen LogP contribution in [-0.2, 0) is 5.75 Å². The van der Waals surface area contributed by atoms with Gasteiger partial charge in [0.2, 0.25) is 0 Å². The van der Waals surface area contributed by atoms with Gasteiger partial charge < -0.3 is 5.11 Å².